The highest BCUT2D eigenvalue weighted by Crippen LogP contribution is 2.29. The molecule has 0 fully saturated rings. The van der Waals surface area contributed by atoms with Crippen LogP contribution >= 0.6 is 23.4 Å². The fourth-order valence-corrected chi connectivity index (χ4v) is 3.54. The summed E-state index contributed by atoms with van der Waals surface area (Å²) >= 11 is 7.67. The summed E-state index contributed by atoms with van der Waals surface area (Å²) in [6.45, 7) is 3.67. The Balaban J connectivity index is 2.13. The monoisotopic (exact) mass is 412 g/mol. The van der Waals surface area contributed by atoms with Gasteiger partial charge in [0.2, 0.25) is 5.91 Å². The summed E-state index contributed by atoms with van der Waals surface area (Å²) in [6, 6.07) is 7.47. The zero-order valence-corrected chi connectivity index (χ0v) is 17.3. The number of halogens is 1. The van der Waals surface area contributed by atoms with E-state index in [1.54, 1.807) is 14.2 Å². The highest BCUT2D eigenvalue weighted by molar-refractivity contribution is 7.99. The van der Waals surface area contributed by atoms with Gasteiger partial charge >= 0.3 is 0 Å². The Morgan fingerprint density at radius 3 is 2.78 bits per heavy atom. The molecule has 0 aliphatic rings. The van der Waals surface area contributed by atoms with E-state index in [-0.39, 0.29) is 17.7 Å². The second-order valence-corrected chi connectivity index (χ2v) is 7.35. The van der Waals surface area contributed by atoms with Gasteiger partial charge in [0.15, 0.2) is 11.0 Å². The Labute approximate surface area is 168 Å². The third-order valence-electron chi connectivity index (χ3n) is 3.72. The van der Waals surface area contributed by atoms with Crippen molar-refractivity contribution in [2.75, 3.05) is 33.2 Å². The summed E-state index contributed by atoms with van der Waals surface area (Å²) in [7, 11) is 3.28. The highest BCUT2D eigenvalue weighted by Gasteiger charge is 2.17. The van der Waals surface area contributed by atoms with Gasteiger partial charge in [0.1, 0.15) is 0 Å². The average molecular weight is 413 g/mol. The van der Waals surface area contributed by atoms with Crippen LogP contribution in [0.1, 0.15) is 13.3 Å². The van der Waals surface area contributed by atoms with Crippen LogP contribution in [0.25, 0.3) is 11.4 Å². The number of hydrogen-bond donors (Lipinski definition) is 1. The summed E-state index contributed by atoms with van der Waals surface area (Å²) in [4.78, 5) is 12.1. The molecule has 0 aliphatic heterocycles. The fraction of sp³-hybridized carbons (Fsp3) is 0.500. The Hall–Kier alpha value is -1.61. The molecule has 7 nitrogen and oxygen atoms in total. The number of ether oxygens (including phenoxy) is 2. The van der Waals surface area contributed by atoms with E-state index < -0.39 is 0 Å². The van der Waals surface area contributed by atoms with Crippen molar-refractivity contribution < 1.29 is 14.3 Å². The molecule has 0 radical (unpaired) electrons. The van der Waals surface area contributed by atoms with Crippen LogP contribution in [0, 0.1) is 0 Å². The molecule has 0 aliphatic carbocycles. The Bertz CT molecular complexity index is 741. The van der Waals surface area contributed by atoms with E-state index in [9.17, 15) is 4.79 Å². The van der Waals surface area contributed by atoms with Crippen molar-refractivity contribution in [1.29, 1.82) is 0 Å². The van der Waals surface area contributed by atoms with E-state index in [0.29, 0.717) is 35.8 Å². The van der Waals surface area contributed by atoms with E-state index >= 15 is 0 Å². The molecule has 1 N–H and O–H groups in total. The van der Waals surface area contributed by atoms with Gasteiger partial charge in [-0.1, -0.05) is 35.5 Å². The molecular formula is C18H25ClN4O3S. The molecule has 0 saturated carbocycles. The lowest BCUT2D eigenvalue weighted by atomic mass is 10.2. The topological polar surface area (TPSA) is 78.3 Å². The minimum Gasteiger partial charge on any atom is -0.385 e. The van der Waals surface area contributed by atoms with E-state index in [1.807, 2.05) is 35.8 Å². The number of amides is 1. The minimum atomic E-state index is -0.0738. The molecule has 2 rings (SSSR count). The molecule has 1 heterocycles. The molecule has 1 amide bonds. The van der Waals surface area contributed by atoms with Gasteiger partial charge in [-0.05, 0) is 25.5 Å². The zero-order valence-electron chi connectivity index (χ0n) is 15.8. The van der Waals surface area contributed by atoms with Gasteiger partial charge in [0, 0.05) is 39.0 Å². The maximum absolute atomic E-state index is 12.1. The number of rotatable bonds is 11. The van der Waals surface area contributed by atoms with Crippen LogP contribution in [0.15, 0.2) is 29.4 Å². The maximum Gasteiger partial charge on any atom is 0.230 e. The summed E-state index contributed by atoms with van der Waals surface area (Å²) in [6.07, 6.45) is 0.802. The minimum absolute atomic E-state index is 0.0404. The first kappa shape index (κ1) is 21.7. The van der Waals surface area contributed by atoms with Gasteiger partial charge < -0.3 is 19.4 Å². The van der Waals surface area contributed by atoms with E-state index in [1.165, 1.54) is 11.8 Å². The van der Waals surface area contributed by atoms with Gasteiger partial charge in [0.25, 0.3) is 0 Å². The number of methoxy groups -OCH3 is 2. The molecule has 1 aromatic carbocycles. The van der Waals surface area contributed by atoms with Gasteiger partial charge in [-0.25, -0.2) is 0 Å². The summed E-state index contributed by atoms with van der Waals surface area (Å²) < 4.78 is 12.2. The standard InChI is InChI=1S/C18H25ClN4O3S/c1-13(11-26-3)20-16(24)12-27-18-22-21-17(23(18)9-6-10-25-2)14-7-4-5-8-15(14)19/h4-5,7-8,13H,6,9-12H2,1-3H3,(H,20,24). The van der Waals surface area contributed by atoms with Crippen molar-refractivity contribution in [3.8, 4) is 11.4 Å². The molecule has 1 unspecified atom stereocenters. The van der Waals surface area contributed by atoms with E-state index in [2.05, 4.69) is 15.5 Å². The first-order chi connectivity index (χ1) is 13.1. The van der Waals surface area contributed by atoms with Crippen LogP contribution in [-0.4, -0.2) is 59.9 Å². The van der Waals surface area contributed by atoms with Crippen molar-refractivity contribution in [2.24, 2.45) is 0 Å². The second kappa shape index (κ2) is 11.3. The van der Waals surface area contributed by atoms with Crippen LogP contribution in [0.5, 0.6) is 0 Å². The molecule has 0 bridgehead atoms. The Morgan fingerprint density at radius 2 is 2.07 bits per heavy atom. The molecule has 2 aromatic rings. The van der Waals surface area contributed by atoms with E-state index in [4.69, 9.17) is 21.1 Å². The van der Waals surface area contributed by atoms with Crippen molar-refractivity contribution in [2.45, 2.75) is 31.1 Å². The van der Waals surface area contributed by atoms with Crippen LogP contribution in [0.3, 0.4) is 0 Å². The fourth-order valence-electron chi connectivity index (χ4n) is 2.54. The van der Waals surface area contributed by atoms with Crippen molar-refractivity contribution in [3.63, 3.8) is 0 Å². The number of benzene rings is 1. The van der Waals surface area contributed by atoms with Crippen LogP contribution in [0.2, 0.25) is 5.02 Å². The molecule has 0 spiro atoms. The SMILES string of the molecule is COCCCn1c(SCC(=O)NC(C)COC)nnc1-c1ccccc1Cl. The molecule has 0 saturated heterocycles. The van der Waals surface area contributed by atoms with Crippen molar-refractivity contribution >= 4 is 29.3 Å². The predicted octanol–water partition coefficient (Wildman–Crippen LogP) is 2.88. The number of thioether (sulfide) groups is 1. The summed E-state index contributed by atoms with van der Waals surface area (Å²) in [5.74, 6) is 0.863. The Kier molecular flexibility index (Phi) is 9.06. The molecule has 1 atom stereocenters. The average Bonchev–Trinajstić information content (AvgIpc) is 3.03. The van der Waals surface area contributed by atoms with Crippen LogP contribution in [-0.2, 0) is 20.8 Å². The second-order valence-electron chi connectivity index (χ2n) is 6.00. The third kappa shape index (κ3) is 6.49. The lowest BCUT2D eigenvalue weighted by Crippen LogP contribution is -2.36. The highest BCUT2D eigenvalue weighted by atomic mass is 35.5. The van der Waals surface area contributed by atoms with Crippen LogP contribution in [0.4, 0.5) is 0 Å². The first-order valence-electron chi connectivity index (χ1n) is 8.65. The number of carbonyl (C=O) groups excluding carboxylic acids is 1. The number of aromatic nitrogens is 3. The predicted molar refractivity (Wildman–Crippen MR) is 107 cm³/mol. The first-order valence-corrected chi connectivity index (χ1v) is 10.0. The Morgan fingerprint density at radius 1 is 1.30 bits per heavy atom. The molecule has 1 aromatic heterocycles. The molecule has 148 valence electrons. The number of hydrogen-bond acceptors (Lipinski definition) is 6. The van der Waals surface area contributed by atoms with Gasteiger partial charge in [0.05, 0.1) is 17.4 Å². The molecule has 27 heavy (non-hydrogen) atoms. The lowest BCUT2D eigenvalue weighted by molar-refractivity contribution is -0.119. The normalized spacial score (nSPS) is 12.1. The van der Waals surface area contributed by atoms with Crippen LogP contribution < -0.4 is 5.32 Å². The number of carbonyl (C=O) groups is 1. The largest absolute Gasteiger partial charge is 0.385 e. The third-order valence-corrected chi connectivity index (χ3v) is 5.01. The molecular weight excluding hydrogens is 388 g/mol. The quantitative estimate of drug-likeness (QED) is 0.451. The van der Waals surface area contributed by atoms with Crippen molar-refractivity contribution in [1.82, 2.24) is 20.1 Å². The zero-order chi connectivity index (χ0) is 19.6. The molecule has 9 heteroatoms. The number of nitrogens with one attached hydrogen (secondary N) is 1. The number of nitrogens with zero attached hydrogens (tertiary/aromatic N) is 3. The summed E-state index contributed by atoms with van der Waals surface area (Å²) in [5, 5.41) is 12.8. The smallest absolute Gasteiger partial charge is 0.230 e. The van der Waals surface area contributed by atoms with Gasteiger partial charge in [-0.3, -0.25) is 4.79 Å². The maximum atomic E-state index is 12.1. The van der Waals surface area contributed by atoms with E-state index in [0.717, 1.165) is 12.0 Å². The lowest BCUT2D eigenvalue weighted by Gasteiger charge is -2.13. The van der Waals surface area contributed by atoms with Gasteiger partial charge in [-0.2, -0.15) is 0 Å². The summed E-state index contributed by atoms with van der Waals surface area (Å²) in [5.41, 5.74) is 0.814. The van der Waals surface area contributed by atoms with Gasteiger partial charge in [-0.15, -0.1) is 10.2 Å². The van der Waals surface area contributed by atoms with Crippen molar-refractivity contribution in [3.05, 3.63) is 29.3 Å².